The lowest BCUT2D eigenvalue weighted by molar-refractivity contribution is -0.139. The van der Waals surface area contributed by atoms with E-state index >= 15 is 0 Å². The predicted octanol–water partition coefficient (Wildman–Crippen LogP) is 5.01. The smallest absolute Gasteiger partial charge is 0.205 e. The molecule has 0 aliphatic carbocycles. The Balaban J connectivity index is 3.44. The zero-order valence-electron chi connectivity index (χ0n) is 6.88. The van der Waals surface area contributed by atoms with Gasteiger partial charge in [-0.25, -0.2) is 8.78 Å². The molecule has 0 bridgehead atoms. The zero-order chi connectivity index (χ0) is 11.8. The quantitative estimate of drug-likeness (QED) is 0.459. The highest BCUT2D eigenvalue weighted by Gasteiger charge is 2.37. The van der Waals surface area contributed by atoms with E-state index in [1.54, 1.807) is 0 Å². The molecule has 0 aromatic heterocycles. The monoisotopic (exact) mass is 400 g/mol. The van der Waals surface area contributed by atoms with E-state index in [-0.39, 0.29) is 3.57 Å². The van der Waals surface area contributed by atoms with Crippen molar-refractivity contribution in [3.63, 3.8) is 0 Å². The summed E-state index contributed by atoms with van der Waals surface area (Å²) in [7, 11) is 0. The lowest BCUT2D eigenvalue weighted by atomic mass is 10.1. The number of benzene rings is 1. The van der Waals surface area contributed by atoms with Gasteiger partial charge in [0.15, 0.2) is 0 Å². The molecule has 1 rings (SSSR count). The van der Waals surface area contributed by atoms with Crippen molar-refractivity contribution in [1.29, 1.82) is 0 Å². The van der Waals surface area contributed by atoms with E-state index in [0.29, 0.717) is 0 Å². The fourth-order valence-electron chi connectivity index (χ4n) is 0.997. The fraction of sp³-hybridized carbons (Fsp3) is 0.250. The van der Waals surface area contributed by atoms with Gasteiger partial charge in [0.25, 0.3) is 6.43 Å². The van der Waals surface area contributed by atoms with Gasteiger partial charge >= 0.3 is 6.18 Å². The van der Waals surface area contributed by atoms with Crippen LogP contribution in [-0.4, -0.2) is 0 Å². The van der Waals surface area contributed by atoms with Crippen LogP contribution in [0, 0.1) is 3.57 Å². The van der Waals surface area contributed by atoms with E-state index in [1.165, 1.54) is 22.6 Å². The first-order chi connectivity index (χ1) is 6.75. The second kappa shape index (κ2) is 4.52. The Morgan fingerprint density at radius 2 is 1.73 bits per heavy atom. The molecule has 0 unspecified atom stereocenters. The van der Waals surface area contributed by atoms with Crippen molar-refractivity contribution in [3.05, 3.63) is 31.3 Å². The van der Waals surface area contributed by atoms with Gasteiger partial charge in [-0.05, 0) is 44.6 Å². The second-order valence-electron chi connectivity index (χ2n) is 2.62. The number of hydrogen-bond donors (Lipinski definition) is 0. The Labute approximate surface area is 104 Å². The summed E-state index contributed by atoms with van der Waals surface area (Å²) in [6.45, 7) is 0. The largest absolute Gasteiger partial charge is 0.418 e. The van der Waals surface area contributed by atoms with Crippen LogP contribution in [0.3, 0.4) is 0 Å². The summed E-state index contributed by atoms with van der Waals surface area (Å²) in [6, 6.07) is 2.00. The average Bonchev–Trinajstić information content (AvgIpc) is 2.00. The molecule has 0 amide bonds. The topological polar surface area (TPSA) is 0 Å². The summed E-state index contributed by atoms with van der Waals surface area (Å²) in [4.78, 5) is 0. The summed E-state index contributed by atoms with van der Waals surface area (Å²) < 4.78 is 61.4. The van der Waals surface area contributed by atoms with Gasteiger partial charge in [-0.15, -0.1) is 0 Å². The Bertz CT molecular complexity index is 374. The molecule has 0 saturated heterocycles. The lowest BCUT2D eigenvalue weighted by Gasteiger charge is -2.14. The van der Waals surface area contributed by atoms with Gasteiger partial charge in [0, 0.05) is 13.6 Å². The minimum absolute atomic E-state index is 0.114. The third kappa shape index (κ3) is 2.80. The molecule has 0 fully saturated rings. The second-order valence-corrected chi connectivity index (χ2v) is 4.58. The summed E-state index contributed by atoms with van der Waals surface area (Å²) in [6.07, 6.45) is -7.57. The highest BCUT2D eigenvalue weighted by Crippen LogP contribution is 2.41. The van der Waals surface area contributed by atoms with Gasteiger partial charge < -0.3 is 0 Å². The van der Waals surface area contributed by atoms with Crippen LogP contribution in [0.4, 0.5) is 22.0 Å². The molecule has 0 N–H and O–H groups in total. The highest BCUT2D eigenvalue weighted by molar-refractivity contribution is 14.1. The fourth-order valence-corrected chi connectivity index (χ4v) is 2.87. The molecule has 84 valence electrons. The number of halogens is 7. The number of alkyl halides is 5. The third-order valence-electron chi connectivity index (χ3n) is 1.64. The lowest BCUT2D eigenvalue weighted by Crippen LogP contribution is -2.10. The molecule has 0 nitrogen and oxygen atoms in total. The number of rotatable bonds is 1. The average molecular weight is 401 g/mol. The van der Waals surface area contributed by atoms with Crippen LogP contribution in [0.1, 0.15) is 17.6 Å². The first-order valence-electron chi connectivity index (χ1n) is 3.58. The maximum absolute atomic E-state index is 12.5. The SMILES string of the molecule is FC(F)c1ccc(I)c(C(F)(F)F)c1Br. The highest BCUT2D eigenvalue weighted by atomic mass is 127. The number of hydrogen-bond acceptors (Lipinski definition) is 0. The van der Waals surface area contributed by atoms with E-state index in [2.05, 4.69) is 15.9 Å². The van der Waals surface area contributed by atoms with Crippen molar-refractivity contribution >= 4 is 38.5 Å². The molecule has 0 aliphatic rings. The molecule has 0 saturated carbocycles. The van der Waals surface area contributed by atoms with Crippen molar-refractivity contribution < 1.29 is 22.0 Å². The molecule has 0 atom stereocenters. The molecule has 0 spiro atoms. The van der Waals surface area contributed by atoms with E-state index in [1.807, 2.05) is 0 Å². The Kier molecular flexibility index (Phi) is 3.96. The van der Waals surface area contributed by atoms with Crippen LogP contribution >= 0.6 is 38.5 Å². The van der Waals surface area contributed by atoms with Crippen molar-refractivity contribution in [2.45, 2.75) is 12.6 Å². The van der Waals surface area contributed by atoms with Gasteiger partial charge in [0.2, 0.25) is 0 Å². The third-order valence-corrected chi connectivity index (χ3v) is 3.39. The predicted molar refractivity (Wildman–Crippen MR) is 56.8 cm³/mol. The van der Waals surface area contributed by atoms with Gasteiger partial charge in [0.1, 0.15) is 0 Å². The molecule has 1 aromatic rings. The van der Waals surface area contributed by atoms with Crippen molar-refractivity contribution in [2.75, 3.05) is 0 Å². The van der Waals surface area contributed by atoms with E-state index in [9.17, 15) is 22.0 Å². The molecule has 0 radical (unpaired) electrons. The summed E-state index contributed by atoms with van der Waals surface area (Å²) in [5, 5.41) is 0. The Morgan fingerprint density at radius 1 is 1.20 bits per heavy atom. The van der Waals surface area contributed by atoms with Gasteiger partial charge in [-0.1, -0.05) is 6.07 Å². The van der Waals surface area contributed by atoms with Crippen LogP contribution in [0.2, 0.25) is 0 Å². The van der Waals surface area contributed by atoms with Gasteiger partial charge in [-0.2, -0.15) is 13.2 Å². The summed E-state index contributed by atoms with van der Waals surface area (Å²) in [5.74, 6) is 0. The van der Waals surface area contributed by atoms with Crippen LogP contribution in [0.5, 0.6) is 0 Å². The van der Waals surface area contributed by atoms with Crippen LogP contribution < -0.4 is 0 Å². The summed E-state index contributed by atoms with van der Waals surface area (Å²) in [5.41, 5.74) is -1.70. The van der Waals surface area contributed by atoms with E-state index in [0.717, 1.165) is 12.1 Å². The molecular weight excluding hydrogens is 398 g/mol. The Morgan fingerprint density at radius 3 is 2.13 bits per heavy atom. The minimum atomic E-state index is -4.64. The van der Waals surface area contributed by atoms with Crippen LogP contribution in [0.25, 0.3) is 0 Å². The molecule has 15 heavy (non-hydrogen) atoms. The van der Waals surface area contributed by atoms with Crippen molar-refractivity contribution in [3.8, 4) is 0 Å². The van der Waals surface area contributed by atoms with E-state index in [4.69, 9.17) is 0 Å². The first kappa shape index (κ1) is 13.1. The zero-order valence-corrected chi connectivity index (χ0v) is 10.6. The molecular formula is C8H3BrF5I. The van der Waals surface area contributed by atoms with Crippen molar-refractivity contribution in [1.82, 2.24) is 0 Å². The summed E-state index contributed by atoms with van der Waals surface area (Å²) >= 11 is 4.02. The molecule has 7 heteroatoms. The maximum atomic E-state index is 12.5. The van der Waals surface area contributed by atoms with Gasteiger partial charge in [-0.3, -0.25) is 0 Å². The molecule has 0 heterocycles. The normalized spacial score (nSPS) is 12.3. The Hall–Kier alpha value is 0.0800. The van der Waals surface area contributed by atoms with E-state index < -0.39 is 28.2 Å². The first-order valence-corrected chi connectivity index (χ1v) is 5.45. The molecule has 0 aliphatic heterocycles. The molecule has 1 aromatic carbocycles. The minimum Gasteiger partial charge on any atom is -0.205 e. The maximum Gasteiger partial charge on any atom is 0.418 e. The standard InChI is InChI=1S/C8H3BrF5I/c9-6-3(7(10)11)1-2-4(15)5(6)8(12,13)14/h1-2,7H. The van der Waals surface area contributed by atoms with Gasteiger partial charge in [0.05, 0.1) is 5.56 Å². The van der Waals surface area contributed by atoms with Crippen molar-refractivity contribution in [2.24, 2.45) is 0 Å². The van der Waals surface area contributed by atoms with Crippen LogP contribution in [-0.2, 0) is 6.18 Å². The van der Waals surface area contributed by atoms with Crippen LogP contribution in [0.15, 0.2) is 16.6 Å².